The summed E-state index contributed by atoms with van der Waals surface area (Å²) < 4.78 is 0. The van der Waals surface area contributed by atoms with Crippen molar-refractivity contribution in [3.63, 3.8) is 0 Å². The van der Waals surface area contributed by atoms with Crippen molar-refractivity contribution in [1.29, 1.82) is 5.26 Å². The van der Waals surface area contributed by atoms with Crippen molar-refractivity contribution in [2.45, 2.75) is 119 Å². The molecule has 0 spiro atoms. The maximum atomic E-state index is 8.88. The van der Waals surface area contributed by atoms with Crippen LogP contribution in [0.2, 0.25) is 0 Å². The number of pyridine rings is 3. The summed E-state index contributed by atoms with van der Waals surface area (Å²) in [5, 5.41) is 8.88. The van der Waals surface area contributed by atoms with Crippen LogP contribution in [-0.2, 0) is 19.3 Å². The number of rotatable bonds is 15. The topological polar surface area (TPSA) is 118 Å². The molecule has 0 aliphatic heterocycles. The zero-order valence-corrected chi connectivity index (χ0v) is 28.6. The second kappa shape index (κ2) is 22.8. The highest BCUT2D eigenvalue weighted by atomic mass is 15.1. The Morgan fingerprint density at radius 2 is 1.09 bits per heavy atom. The number of hydrogen-bond donors (Lipinski definition) is 2. The maximum Gasteiger partial charge on any atom is 0.179 e. The van der Waals surface area contributed by atoms with Crippen LogP contribution in [0.15, 0.2) is 55.0 Å². The number of anilines is 2. The van der Waals surface area contributed by atoms with Crippen LogP contribution >= 0.6 is 0 Å². The first-order chi connectivity index (χ1) is 21.0. The highest BCUT2D eigenvalue weighted by Crippen LogP contribution is 2.12. The van der Waals surface area contributed by atoms with Crippen LogP contribution in [0.25, 0.3) is 0 Å². The van der Waals surface area contributed by atoms with Gasteiger partial charge in [-0.3, -0.25) is 4.98 Å². The Labute approximate surface area is 268 Å². The van der Waals surface area contributed by atoms with Gasteiger partial charge in [-0.05, 0) is 124 Å². The lowest BCUT2D eigenvalue weighted by Gasteiger charge is -2.19. The van der Waals surface area contributed by atoms with Crippen molar-refractivity contribution in [2.24, 2.45) is 11.8 Å². The average Bonchev–Trinajstić information content (AvgIpc) is 2.96. The molecule has 0 atom stereocenters. The summed E-state index contributed by atoms with van der Waals surface area (Å²) in [5.41, 5.74) is 16.2. The van der Waals surface area contributed by atoms with Gasteiger partial charge in [-0.15, -0.1) is 0 Å². The fraction of sp³-hybridized carbons (Fsp3) is 0.568. The highest BCUT2D eigenvalue weighted by molar-refractivity contribution is 5.32. The Bertz CT molecular complexity index is 1140. The lowest BCUT2D eigenvalue weighted by atomic mass is 10.0. The van der Waals surface area contributed by atoms with Gasteiger partial charge in [0.25, 0.3) is 0 Å². The minimum absolute atomic E-state index is 0.271. The summed E-state index contributed by atoms with van der Waals surface area (Å²) in [6.07, 6.45) is 19.7. The number of hydrogen-bond acceptors (Lipinski definition) is 7. The Hall–Kier alpha value is -3.66. The van der Waals surface area contributed by atoms with Crippen molar-refractivity contribution in [2.75, 3.05) is 18.0 Å². The van der Waals surface area contributed by atoms with Gasteiger partial charge in [0.1, 0.15) is 11.6 Å². The van der Waals surface area contributed by atoms with Crippen molar-refractivity contribution in [3.8, 4) is 6.19 Å². The van der Waals surface area contributed by atoms with Crippen LogP contribution < -0.4 is 11.5 Å². The molecule has 7 nitrogen and oxygen atoms in total. The van der Waals surface area contributed by atoms with Crippen molar-refractivity contribution < 1.29 is 0 Å². The summed E-state index contributed by atoms with van der Waals surface area (Å²) in [5.74, 6) is 2.84. The highest BCUT2D eigenvalue weighted by Gasteiger charge is 2.06. The van der Waals surface area contributed by atoms with E-state index in [1.54, 1.807) is 17.3 Å². The summed E-state index contributed by atoms with van der Waals surface area (Å²) in [6, 6.07) is 12.4. The Balaban J connectivity index is 0.000000331. The van der Waals surface area contributed by atoms with E-state index in [0.29, 0.717) is 11.6 Å². The lowest BCUT2D eigenvalue weighted by Crippen LogP contribution is -2.26. The van der Waals surface area contributed by atoms with Gasteiger partial charge >= 0.3 is 0 Å². The van der Waals surface area contributed by atoms with Crippen LogP contribution in [0.4, 0.5) is 11.6 Å². The Morgan fingerprint density at radius 1 is 0.659 bits per heavy atom. The second-order valence-electron chi connectivity index (χ2n) is 12.8. The third-order valence-corrected chi connectivity index (χ3v) is 7.26. The summed E-state index contributed by atoms with van der Waals surface area (Å²) in [4.78, 5) is 13.9. The molecule has 0 unspecified atom stereocenters. The first-order valence-electron chi connectivity index (χ1n) is 16.5. The minimum atomic E-state index is 0.271. The molecule has 4 N–H and O–H groups in total. The average molecular weight is 602 g/mol. The number of aryl methyl sites for hydroxylation is 4. The zero-order chi connectivity index (χ0) is 32.7. The summed E-state index contributed by atoms with van der Waals surface area (Å²) in [6.45, 7) is 16.0. The molecule has 3 aromatic rings. The molecule has 0 bridgehead atoms. The van der Waals surface area contributed by atoms with E-state index in [1.807, 2.05) is 44.3 Å². The van der Waals surface area contributed by atoms with E-state index in [1.165, 1.54) is 61.6 Å². The van der Waals surface area contributed by atoms with E-state index in [9.17, 15) is 0 Å². The molecular formula is C37H59N7. The van der Waals surface area contributed by atoms with Gasteiger partial charge in [0, 0.05) is 36.9 Å². The Kier molecular flexibility index (Phi) is 19.9. The molecule has 3 aromatic heterocycles. The third-order valence-electron chi connectivity index (χ3n) is 7.26. The molecule has 242 valence electrons. The SMILES string of the molecule is CC(C)CCCCc1ccnc(N)c1.CC(C)N(C#N)CCCc1ccnc(N)c1.Cc1cc(CCCCC(C)C)ccn1. The Morgan fingerprint density at radius 3 is 1.48 bits per heavy atom. The van der Waals surface area contributed by atoms with Gasteiger partial charge < -0.3 is 16.4 Å². The number of nitriles is 1. The molecule has 0 radical (unpaired) electrons. The number of aromatic nitrogens is 3. The number of unbranched alkanes of at least 4 members (excludes halogenated alkanes) is 2. The van der Waals surface area contributed by atoms with E-state index >= 15 is 0 Å². The van der Waals surface area contributed by atoms with Crippen LogP contribution in [0.3, 0.4) is 0 Å². The molecular weight excluding hydrogens is 542 g/mol. The van der Waals surface area contributed by atoms with E-state index in [2.05, 4.69) is 67.9 Å². The molecule has 0 fully saturated rings. The van der Waals surface area contributed by atoms with Gasteiger partial charge in [0.05, 0.1) is 0 Å². The normalized spacial score (nSPS) is 10.6. The first kappa shape index (κ1) is 38.4. The zero-order valence-electron chi connectivity index (χ0n) is 28.6. The van der Waals surface area contributed by atoms with Crippen LogP contribution in [0, 0.1) is 30.2 Å². The van der Waals surface area contributed by atoms with Gasteiger partial charge in [-0.2, -0.15) is 5.26 Å². The number of nitrogen functional groups attached to an aromatic ring is 2. The van der Waals surface area contributed by atoms with Crippen molar-refractivity contribution >= 4 is 11.6 Å². The van der Waals surface area contributed by atoms with Gasteiger partial charge in [-0.1, -0.05) is 53.4 Å². The molecule has 0 amide bonds. The standard InChI is InChI=1S/C13H21N.C12H18N4.C12H20N2/c1-11(2)6-4-5-7-13-8-9-14-12(3)10-13;1-10(2)16(9-13)7-3-4-11-5-6-15-12(14)8-11;1-10(2)5-3-4-6-11-7-8-14-12(13)9-11/h8-11H,4-7H2,1-3H3;5-6,8,10H,3-4,7H2,1-2H3,(H2,14,15);7-10H,3-6H2,1-2H3,(H2,13,14). The minimum Gasteiger partial charge on any atom is -0.384 e. The number of nitrogens with zero attached hydrogens (tertiary/aromatic N) is 5. The molecule has 0 saturated heterocycles. The molecule has 7 heteroatoms. The molecule has 0 aromatic carbocycles. The molecule has 44 heavy (non-hydrogen) atoms. The largest absolute Gasteiger partial charge is 0.384 e. The monoisotopic (exact) mass is 601 g/mol. The fourth-order valence-corrected chi connectivity index (χ4v) is 4.70. The second-order valence-corrected chi connectivity index (χ2v) is 12.8. The van der Waals surface area contributed by atoms with E-state index in [-0.39, 0.29) is 6.04 Å². The quantitative estimate of drug-likeness (QED) is 0.102. The predicted molar refractivity (Wildman–Crippen MR) is 187 cm³/mol. The summed E-state index contributed by atoms with van der Waals surface area (Å²) >= 11 is 0. The molecule has 3 heterocycles. The van der Waals surface area contributed by atoms with Gasteiger partial charge in [-0.25, -0.2) is 9.97 Å². The van der Waals surface area contributed by atoms with Crippen molar-refractivity contribution in [3.05, 3.63) is 77.4 Å². The van der Waals surface area contributed by atoms with Gasteiger partial charge in [0.15, 0.2) is 6.19 Å². The lowest BCUT2D eigenvalue weighted by molar-refractivity contribution is 0.321. The van der Waals surface area contributed by atoms with Crippen LogP contribution in [-0.4, -0.2) is 32.4 Å². The number of nitrogens with two attached hydrogens (primary N) is 2. The third kappa shape index (κ3) is 19.5. The van der Waals surface area contributed by atoms with E-state index in [0.717, 1.165) is 43.3 Å². The smallest absolute Gasteiger partial charge is 0.179 e. The maximum absolute atomic E-state index is 8.88. The predicted octanol–water partition coefficient (Wildman–Crippen LogP) is 8.58. The molecule has 0 aliphatic rings. The van der Waals surface area contributed by atoms with Gasteiger partial charge in [0.2, 0.25) is 0 Å². The van der Waals surface area contributed by atoms with E-state index in [4.69, 9.17) is 16.7 Å². The van der Waals surface area contributed by atoms with Crippen LogP contribution in [0.5, 0.6) is 0 Å². The van der Waals surface area contributed by atoms with Crippen molar-refractivity contribution in [1.82, 2.24) is 19.9 Å². The molecule has 3 rings (SSSR count). The molecule has 0 aliphatic carbocycles. The summed E-state index contributed by atoms with van der Waals surface area (Å²) in [7, 11) is 0. The van der Waals surface area contributed by atoms with Crippen LogP contribution in [0.1, 0.15) is 109 Å². The van der Waals surface area contributed by atoms with E-state index < -0.39 is 0 Å². The first-order valence-corrected chi connectivity index (χ1v) is 16.5. The fourth-order valence-electron chi connectivity index (χ4n) is 4.70. The molecule has 0 saturated carbocycles.